The molecule has 1 heterocycles. The number of carboxylic acid groups (broad SMARTS) is 1. The number of sulfone groups is 1. The van der Waals surface area contributed by atoms with E-state index >= 15 is 0 Å². The van der Waals surface area contributed by atoms with Crippen molar-refractivity contribution in [3.8, 4) is 0 Å². The molecule has 10 heteroatoms. The van der Waals surface area contributed by atoms with E-state index < -0.39 is 32.2 Å². The van der Waals surface area contributed by atoms with Crippen LogP contribution in [0.25, 0.3) is 0 Å². The molecule has 1 aliphatic rings. The van der Waals surface area contributed by atoms with Crippen LogP contribution in [-0.4, -0.2) is 31.1 Å². The summed E-state index contributed by atoms with van der Waals surface area (Å²) in [5, 5.41) is 12.6. The van der Waals surface area contributed by atoms with Crippen LogP contribution in [0.1, 0.15) is 11.1 Å². The molecule has 4 N–H and O–H groups in total. The standard InChI is InChI=1S/C23H18ClN3O5S/c24-15-9-10-19-18(12-15)23(20(27-19)21(28)29,33(31,32)17-7-2-1-3-8-17)22(30)26-13-14-5-4-6-16(25)11-14/h1-12H,13,25H2,(H,26,30)(H,28,29). The summed E-state index contributed by atoms with van der Waals surface area (Å²) in [6.45, 7) is -0.0846. The lowest BCUT2D eigenvalue weighted by atomic mass is 9.93. The number of aliphatic imine (C=N–C) groups is 1. The van der Waals surface area contributed by atoms with Crippen molar-refractivity contribution >= 4 is 50.4 Å². The Morgan fingerprint density at radius 3 is 2.42 bits per heavy atom. The quantitative estimate of drug-likeness (QED) is 0.460. The zero-order valence-electron chi connectivity index (χ0n) is 17.0. The van der Waals surface area contributed by atoms with Crippen LogP contribution < -0.4 is 11.1 Å². The molecule has 168 valence electrons. The summed E-state index contributed by atoms with van der Waals surface area (Å²) in [4.78, 5) is 29.8. The highest BCUT2D eigenvalue weighted by Gasteiger charge is 2.62. The minimum Gasteiger partial charge on any atom is -0.477 e. The number of hydrogen-bond donors (Lipinski definition) is 3. The van der Waals surface area contributed by atoms with Gasteiger partial charge in [0.05, 0.1) is 10.6 Å². The number of nitrogens with two attached hydrogens (primary N) is 1. The number of nitrogens with one attached hydrogen (secondary N) is 1. The van der Waals surface area contributed by atoms with Crippen LogP contribution in [-0.2, 0) is 30.7 Å². The molecule has 0 saturated carbocycles. The van der Waals surface area contributed by atoms with Crippen molar-refractivity contribution in [3.05, 3.63) is 88.9 Å². The second-order valence-electron chi connectivity index (χ2n) is 7.35. The van der Waals surface area contributed by atoms with E-state index in [9.17, 15) is 23.1 Å². The summed E-state index contributed by atoms with van der Waals surface area (Å²) in [7, 11) is -4.64. The Bertz CT molecular complexity index is 1410. The number of halogens is 1. The van der Waals surface area contributed by atoms with E-state index in [0.29, 0.717) is 11.3 Å². The lowest BCUT2D eigenvalue weighted by Crippen LogP contribution is -2.55. The van der Waals surface area contributed by atoms with Crippen molar-refractivity contribution < 1.29 is 23.1 Å². The topological polar surface area (TPSA) is 139 Å². The first-order valence-corrected chi connectivity index (χ1v) is 11.6. The van der Waals surface area contributed by atoms with Crippen molar-refractivity contribution in [2.75, 3.05) is 5.73 Å². The summed E-state index contributed by atoms with van der Waals surface area (Å²) in [5.74, 6) is -2.70. The number of benzene rings is 3. The number of rotatable bonds is 6. The fourth-order valence-electron chi connectivity index (χ4n) is 3.82. The van der Waals surface area contributed by atoms with E-state index in [1.165, 1.54) is 42.5 Å². The number of anilines is 1. The van der Waals surface area contributed by atoms with Crippen molar-refractivity contribution in [2.45, 2.75) is 16.2 Å². The molecule has 0 radical (unpaired) electrons. The normalized spacial score (nSPS) is 17.2. The molecule has 3 aromatic carbocycles. The molecule has 0 fully saturated rings. The molecule has 33 heavy (non-hydrogen) atoms. The van der Waals surface area contributed by atoms with Gasteiger partial charge in [-0.05, 0) is 48.0 Å². The molecule has 0 spiro atoms. The molecule has 0 bridgehead atoms. The van der Waals surface area contributed by atoms with Gasteiger partial charge in [-0.1, -0.05) is 41.9 Å². The molecule has 1 unspecified atom stereocenters. The number of fused-ring (bicyclic) bond motifs is 1. The molecule has 8 nitrogen and oxygen atoms in total. The molecule has 3 aromatic rings. The van der Waals surface area contributed by atoms with Gasteiger partial charge in [-0.25, -0.2) is 18.2 Å². The van der Waals surface area contributed by atoms with Gasteiger partial charge in [0.2, 0.25) is 14.6 Å². The van der Waals surface area contributed by atoms with Crippen LogP contribution in [0.4, 0.5) is 11.4 Å². The van der Waals surface area contributed by atoms with Gasteiger partial charge in [0.15, 0.2) is 5.71 Å². The zero-order chi connectivity index (χ0) is 23.8. The third-order valence-corrected chi connectivity index (χ3v) is 7.82. The molecular weight excluding hydrogens is 466 g/mol. The number of nitrogen functional groups attached to an aromatic ring is 1. The Labute approximate surface area is 194 Å². The summed E-state index contributed by atoms with van der Waals surface area (Å²) < 4.78 is 25.3. The van der Waals surface area contributed by atoms with E-state index in [2.05, 4.69) is 10.3 Å². The van der Waals surface area contributed by atoms with Gasteiger partial charge in [-0.15, -0.1) is 0 Å². The maximum atomic E-state index is 14.0. The van der Waals surface area contributed by atoms with Crippen LogP contribution in [0.5, 0.6) is 0 Å². The molecule has 1 amide bonds. The fourth-order valence-corrected chi connectivity index (χ4v) is 6.02. The average molecular weight is 484 g/mol. The van der Waals surface area contributed by atoms with Crippen LogP contribution >= 0.6 is 11.6 Å². The second-order valence-corrected chi connectivity index (χ2v) is 9.88. The SMILES string of the molecule is Nc1cccc(CNC(=O)C2(S(=O)(=O)c3ccccc3)C(C(=O)O)=Nc3ccc(Cl)cc32)c1. The Kier molecular flexibility index (Phi) is 5.69. The van der Waals surface area contributed by atoms with E-state index in [0.717, 1.165) is 0 Å². The Morgan fingerprint density at radius 1 is 1.03 bits per heavy atom. The Hall–Kier alpha value is -3.69. The number of aliphatic carboxylic acids is 1. The number of carbonyl (C=O) groups is 2. The number of carbonyl (C=O) groups excluding carboxylic acids is 1. The van der Waals surface area contributed by atoms with Crippen LogP contribution in [0.15, 0.2) is 82.7 Å². The van der Waals surface area contributed by atoms with Crippen LogP contribution in [0.2, 0.25) is 5.02 Å². The molecule has 0 aromatic heterocycles. The minimum absolute atomic E-state index is 0.0374. The summed E-state index contributed by atoms with van der Waals surface area (Å²) >= 11 is 6.13. The predicted octanol–water partition coefficient (Wildman–Crippen LogP) is 3.08. The zero-order valence-corrected chi connectivity index (χ0v) is 18.6. The molecule has 1 aliphatic heterocycles. The Morgan fingerprint density at radius 2 is 1.76 bits per heavy atom. The predicted molar refractivity (Wildman–Crippen MR) is 124 cm³/mol. The van der Waals surface area contributed by atoms with Crippen LogP contribution in [0.3, 0.4) is 0 Å². The van der Waals surface area contributed by atoms with E-state index in [4.69, 9.17) is 17.3 Å². The molecule has 1 atom stereocenters. The van der Waals surface area contributed by atoms with Gasteiger partial charge in [-0.2, -0.15) is 0 Å². The third kappa shape index (κ3) is 3.65. The lowest BCUT2D eigenvalue weighted by Gasteiger charge is -2.29. The van der Waals surface area contributed by atoms with E-state index in [1.807, 2.05) is 0 Å². The molecule has 0 saturated heterocycles. The van der Waals surface area contributed by atoms with Crippen molar-refractivity contribution in [2.24, 2.45) is 4.99 Å². The monoisotopic (exact) mass is 483 g/mol. The minimum atomic E-state index is -4.64. The van der Waals surface area contributed by atoms with Gasteiger partial charge in [-0.3, -0.25) is 4.79 Å². The van der Waals surface area contributed by atoms with Gasteiger partial charge in [0, 0.05) is 22.8 Å². The molecular formula is C23H18ClN3O5S. The van der Waals surface area contributed by atoms with E-state index in [1.54, 1.807) is 30.3 Å². The third-order valence-electron chi connectivity index (χ3n) is 5.29. The van der Waals surface area contributed by atoms with Crippen molar-refractivity contribution in [1.29, 1.82) is 0 Å². The van der Waals surface area contributed by atoms with Crippen molar-refractivity contribution in [1.82, 2.24) is 5.32 Å². The number of hydrogen-bond acceptors (Lipinski definition) is 6. The Balaban J connectivity index is 1.94. The summed E-state index contributed by atoms with van der Waals surface area (Å²) in [6.07, 6.45) is 0. The fraction of sp³-hybridized carbons (Fsp3) is 0.0870. The highest BCUT2D eigenvalue weighted by Crippen LogP contribution is 2.48. The van der Waals surface area contributed by atoms with Gasteiger partial charge in [0.25, 0.3) is 5.91 Å². The largest absolute Gasteiger partial charge is 0.477 e. The smallest absolute Gasteiger partial charge is 0.352 e. The average Bonchev–Trinajstić information content (AvgIpc) is 3.14. The first-order valence-electron chi connectivity index (χ1n) is 9.73. The first kappa shape index (κ1) is 22.5. The van der Waals surface area contributed by atoms with Gasteiger partial charge in [0.1, 0.15) is 0 Å². The highest BCUT2D eigenvalue weighted by atomic mass is 35.5. The maximum Gasteiger partial charge on any atom is 0.352 e. The maximum absolute atomic E-state index is 14.0. The molecule has 4 rings (SSSR count). The second kappa shape index (κ2) is 8.34. The van der Waals surface area contributed by atoms with Crippen molar-refractivity contribution in [3.63, 3.8) is 0 Å². The number of nitrogens with zero attached hydrogens (tertiary/aromatic N) is 1. The number of amides is 1. The summed E-state index contributed by atoms with van der Waals surface area (Å²) in [6, 6.07) is 17.9. The summed E-state index contributed by atoms with van der Waals surface area (Å²) in [5.41, 5.74) is 5.93. The van der Waals surface area contributed by atoms with Gasteiger partial charge < -0.3 is 16.2 Å². The highest BCUT2D eigenvalue weighted by molar-refractivity contribution is 7.94. The van der Waals surface area contributed by atoms with E-state index in [-0.39, 0.29) is 27.7 Å². The first-order chi connectivity index (χ1) is 15.7. The number of carboxylic acids is 1. The van der Waals surface area contributed by atoms with Crippen LogP contribution in [0, 0.1) is 0 Å². The lowest BCUT2D eigenvalue weighted by molar-refractivity contribution is -0.131. The van der Waals surface area contributed by atoms with Gasteiger partial charge >= 0.3 is 5.97 Å². The molecule has 0 aliphatic carbocycles.